The molecule has 0 heterocycles. The van der Waals surface area contributed by atoms with Crippen molar-refractivity contribution in [2.75, 3.05) is 0 Å². The van der Waals surface area contributed by atoms with Crippen LogP contribution in [0.1, 0.15) is 6.92 Å². The molecule has 0 aromatic carbocycles. The quantitative estimate of drug-likeness (QED) is 0.488. The van der Waals surface area contributed by atoms with E-state index in [4.69, 9.17) is 0 Å². The zero-order valence-electron chi connectivity index (χ0n) is 2.56. The fourth-order valence-electron chi connectivity index (χ4n) is 0. The van der Waals surface area contributed by atoms with Crippen LogP contribution in [0.15, 0.2) is 0 Å². The van der Waals surface area contributed by atoms with Crippen molar-refractivity contribution < 1.29 is 0 Å². The molecule has 0 bridgehead atoms. The molecular weight excluding hydrogens is 131 g/mol. The molecule has 0 nitrogen and oxygen atoms in total. The molecule has 0 aliphatic heterocycles. The van der Waals surface area contributed by atoms with E-state index in [0.29, 0.717) is 14.1 Å². The van der Waals surface area contributed by atoms with Crippen LogP contribution in [-0.2, 0) is 0 Å². The standard InChI is InChI=1S/C2H5AsS/c1-2-3-4/h2H2,1H3. The summed E-state index contributed by atoms with van der Waals surface area (Å²) in [6.45, 7) is 2.12. The predicted octanol–water partition coefficient (Wildman–Crippen LogP) is 1.24. The van der Waals surface area contributed by atoms with Crippen LogP contribution in [0.4, 0.5) is 0 Å². The van der Waals surface area contributed by atoms with Gasteiger partial charge in [0.1, 0.15) is 0 Å². The predicted molar refractivity (Wildman–Crippen MR) is 23.8 cm³/mol. The van der Waals surface area contributed by atoms with Crippen molar-refractivity contribution in [3.8, 4) is 0 Å². The molecule has 0 fully saturated rings. The molecule has 0 N–H and O–H groups in total. The van der Waals surface area contributed by atoms with Gasteiger partial charge in [-0.25, -0.2) is 0 Å². The number of hydrogen-bond donors (Lipinski definition) is 0. The molecular formula is C2H5AsS. The summed E-state index contributed by atoms with van der Waals surface area (Å²) >= 11 is 0.299. The summed E-state index contributed by atoms with van der Waals surface area (Å²) in [6.07, 6.45) is 0. The first-order valence-corrected chi connectivity index (χ1v) is 5.20. The van der Waals surface area contributed by atoms with Crippen LogP contribution in [-0.4, -0.2) is 14.1 Å². The molecule has 0 saturated carbocycles. The minimum atomic E-state index is 0.299. The molecule has 0 radical (unpaired) electrons. The SMILES string of the molecule is CC[As]=S. The Bertz CT molecular complexity index is 20.0. The molecule has 0 rings (SSSR count). The van der Waals surface area contributed by atoms with E-state index >= 15 is 0 Å². The minimum absolute atomic E-state index is 0.299. The van der Waals surface area contributed by atoms with E-state index in [1.165, 1.54) is 5.21 Å². The maximum atomic E-state index is 4.65. The summed E-state index contributed by atoms with van der Waals surface area (Å²) in [6, 6.07) is 0. The third-order valence-corrected chi connectivity index (χ3v) is 2.01. The van der Waals surface area contributed by atoms with Gasteiger partial charge in [0.05, 0.1) is 0 Å². The van der Waals surface area contributed by atoms with Crippen LogP contribution < -0.4 is 0 Å². The normalized spacial score (nSPS) is 8.25. The third kappa shape index (κ3) is 2.78. The van der Waals surface area contributed by atoms with E-state index in [1.807, 2.05) is 0 Å². The van der Waals surface area contributed by atoms with E-state index < -0.39 is 0 Å². The van der Waals surface area contributed by atoms with Gasteiger partial charge in [-0.1, -0.05) is 0 Å². The van der Waals surface area contributed by atoms with Crippen LogP contribution in [0, 0.1) is 0 Å². The zero-order chi connectivity index (χ0) is 3.41. The molecule has 0 saturated heterocycles. The monoisotopic (exact) mass is 136 g/mol. The van der Waals surface area contributed by atoms with Gasteiger partial charge in [0, 0.05) is 0 Å². The molecule has 24 valence electrons. The first-order chi connectivity index (χ1) is 1.91. The first-order valence-electron chi connectivity index (χ1n) is 1.21. The topological polar surface area (TPSA) is 0 Å². The Labute approximate surface area is 37.0 Å². The second-order valence-electron chi connectivity index (χ2n) is 0.445. The second kappa shape index (κ2) is 3.78. The number of rotatable bonds is 1. The van der Waals surface area contributed by atoms with E-state index in [2.05, 4.69) is 17.3 Å². The Hall–Kier alpha value is 0.778. The van der Waals surface area contributed by atoms with Crippen LogP contribution >= 0.6 is 10.4 Å². The summed E-state index contributed by atoms with van der Waals surface area (Å²) in [7, 11) is 4.65. The van der Waals surface area contributed by atoms with Gasteiger partial charge in [-0.15, -0.1) is 0 Å². The van der Waals surface area contributed by atoms with Crippen molar-refractivity contribution in [1.82, 2.24) is 0 Å². The van der Waals surface area contributed by atoms with E-state index in [-0.39, 0.29) is 0 Å². The van der Waals surface area contributed by atoms with Crippen LogP contribution in [0.25, 0.3) is 0 Å². The molecule has 2 heteroatoms. The van der Waals surface area contributed by atoms with Crippen molar-refractivity contribution in [2.24, 2.45) is 0 Å². The maximum absolute atomic E-state index is 4.65. The molecule has 4 heavy (non-hydrogen) atoms. The van der Waals surface area contributed by atoms with Crippen LogP contribution in [0.5, 0.6) is 0 Å². The summed E-state index contributed by atoms with van der Waals surface area (Å²) < 4.78 is 0. The Morgan fingerprint density at radius 3 is 2.25 bits per heavy atom. The summed E-state index contributed by atoms with van der Waals surface area (Å²) in [5.74, 6) is 0. The van der Waals surface area contributed by atoms with E-state index in [0.717, 1.165) is 0 Å². The third-order valence-electron chi connectivity index (χ3n) is 0.129. The van der Waals surface area contributed by atoms with Gasteiger partial charge in [0.15, 0.2) is 0 Å². The fourth-order valence-corrected chi connectivity index (χ4v) is 0. The van der Waals surface area contributed by atoms with Crippen LogP contribution in [0.2, 0.25) is 5.21 Å². The van der Waals surface area contributed by atoms with Gasteiger partial charge in [-0.05, 0) is 0 Å². The van der Waals surface area contributed by atoms with Crippen molar-refractivity contribution in [3.63, 3.8) is 0 Å². The van der Waals surface area contributed by atoms with Crippen molar-refractivity contribution in [2.45, 2.75) is 12.1 Å². The second-order valence-corrected chi connectivity index (χ2v) is 3.66. The molecule has 0 aliphatic rings. The van der Waals surface area contributed by atoms with E-state index in [9.17, 15) is 0 Å². The van der Waals surface area contributed by atoms with Crippen molar-refractivity contribution >= 4 is 24.5 Å². The van der Waals surface area contributed by atoms with Gasteiger partial charge in [-0.3, -0.25) is 0 Å². The Morgan fingerprint density at radius 2 is 2.25 bits per heavy atom. The zero-order valence-corrected chi connectivity index (χ0v) is 5.26. The Balaban J connectivity index is 2.30. The summed E-state index contributed by atoms with van der Waals surface area (Å²) in [5.41, 5.74) is 0. The molecule has 0 aromatic rings. The van der Waals surface area contributed by atoms with E-state index in [1.54, 1.807) is 0 Å². The van der Waals surface area contributed by atoms with Crippen LogP contribution in [0.3, 0.4) is 0 Å². The van der Waals surface area contributed by atoms with Gasteiger partial charge in [0.2, 0.25) is 0 Å². The molecule has 0 atom stereocenters. The molecule has 0 aromatic heterocycles. The average Bonchev–Trinajstić information content (AvgIpc) is 1.37. The van der Waals surface area contributed by atoms with Gasteiger partial charge in [-0.2, -0.15) is 0 Å². The molecule has 0 aliphatic carbocycles. The molecule has 0 spiro atoms. The fraction of sp³-hybridized carbons (Fsp3) is 1.00. The first kappa shape index (κ1) is 4.78. The Kier molecular flexibility index (Phi) is 4.51. The summed E-state index contributed by atoms with van der Waals surface area (Å²) in [4.78, 5) is 0. The van der Waals surface area contributed by atoms with Gasteiger partial charge in [0.25, 0.3) is 0 Å². The van der Waals surface area contributed by atoms with Gasteiger partial charge >= 0.3 is 36.6 Å². The average molecular weight is 136 g/mol. The molecule has 0 unspecified atom stereocenters. The molecule has 0 amide bonds. The van der Waals surface area contributed by atoms with Gasteiger partial charge < -0.3 is 0 Å². The number of hydrogen-bond acceptors (Lipinski definition) is 1. The Morgan fingerprint density at radius 1 is 2.00 bits per heavy atom. The van der Waals surface area contributed by atoms with Crippen molar-refractivity contribution in [3.05, 3.63) is 0 Å². The van der Waals surface area contributed by atoms with Crippen molar-refractivity contribution in [1.29, 1.82) is 0 Å². The summed E-state index contributed by atoms with van der Waals surface area (Å²) in [5, 5.41) is 1.23.